The van der Waals surface area contributed by atoms with Gasteiger partial charge in [-0.2, -0.15) is 10.1 Å². The predicted octanol–water partition coefficient (Wildman–Crippen LogP) is 1.99. The maximum absolute atomic E-state index is 12.6. The molecule has 4 heterocycles. The fraction of sp³-hybridized carbons (Fsp3) is 0.400. The first-order chi connectivity index (χ1) is 13.5. The summed E-state index contributed by atoms with van der Waals surface area (Å²) in [6.07, 6.45) is 2.70. The van der Waals surface area contributed by atoms with E-state index in [0.29, 0.717) is 17.4 Å². The van der Waals surface area contributed by atoms with Crippen LogP contribution < -0.4 is 0 Å². The molecule has 0 N–H and O–H groups in total. The summed E-state index contributed by atoms with van der Waals surface area (Å²) < 4.78 is 7.24. The summed E-state index contributed by atoms with van der Waals surface area (Å²) in [5.41, 5.74) is 1.54. The van der Waals surface area contributed by atoms with Crippen LogP contribution in [0.2, 0.25) is 0 Å². The van der Waals surface area contributed by atoms with Crippen molar-refractivity contribution in [3.63, 3.8) is 0 Å². The third-order valence-corrected chi connectivity index (χ3v) is 5.77. The zero-order valence-electron chi connectivity index (χ0n) is 15.9. The Morgan fingerprint density at radius 2 is 1.93 bits per heavy atom. The van der Waals surface area contributed by atoms with E-state index in [1.807, 2.05) is 42.3 Å². The SMILES string of the molecule is CN1CC2(CC1c1nc(-c3ccccc3)no1)CN(C(=O)c1ccn(C)n1)C2. The van der Waals surface area contributed by atoms with Gasteiger partial charge in [-0.25, -0.2) is 0 Å². The number of amides is 1. The Morgan fingerprint density at radius 1 is 1.14 bits per heavy atom. The van der Waals surface area contributed by atoms with Gasteiger partial charge in [-0.1, -0.05) is 35.5 Å². The van der Waals surface area contributed by atoms with E-state index in [1.54, 1.807) is 16.9 Å². The van der Waals surface area contributed by atoms with Crippen LogP contribution in [-0.2, 0) is 7.05 Å². The molecule has 1 aromatic carbocycles. The van der Waals surface area contributed by atoms with Crippen molar-refractivity contribution in [3.05, 3.63) is 54.2 Å². The van der Waals surface area contributed by atoms with Crippen LogP contribution in [-0.4, -0.2) is 62.3 Å². The molecule has 2 fully saturated rings. The zero-order valence-corrected chi connectivity index (χ0v) is 15.9. The monoisotopic (exact) mass is 378 g/mol. The summed E-state index contributed by atoms with van der Waals surface area (Å²) in [5.74, 6) is 1.26. The molecule has 1 atom stereocenters. The first-order valence-corrected chi connectivity index (χ1v) is 9.41. The summed E-state index contributed by atoms with van der Waals surface area (Å²) >= 11 is 0. The number of hydrogen-bond donors (Lipinski definition) is 0. The molecule has 1 unspecified atom stereocenters. The van der Waals surface area contributed by atoms with Crippen molar-refractivity contribution >= 4 is 5.91 Å². The van der Waals surface area contributed by atoms with Crippen LogP contribution in [0.5, 0.6) is 0 Å². The number of carbonyl (C=O) groups excluding carboxylic acids is 1. The lowest BCUT2D eigenvalue weighted by atomic mass is 9.77. The lowest BCUT2D eigenvalue weighted by Gasteiger charge is -2.47. The molecule has 144 valence electrons. The van der Waals surface area contributed by atoms with Crippen molar-refractivity contribution in [2.24, 2.45) is 12.5 Å². The van der Waals surface area contributed by atoms with E-state index in [4.69, 9.17) is 4.52 Å². The van der Waals surface area contributed by atoms with E-state index < -0.39 is 0 Å². The molecule has 0 radical (unpaired) electrons. The number of hydrogen-bond acceptors (Lipinski definition) is 6. The summed E-state index contributed by atoms with van der Waals surface area (Å²) in [5, 5.41) is 8.37. The molecule has 2 aromatic heterocycles. The highest BCUT2D eigenvalue weighted by Crippen LogP contribution is 2.47. The minimum Gasteiger partial charge on any atom is -0.337 e. The molecule has 2 aliphatic rings. The zero-order chi connectivity index (χ0) is 19.3. The average molecular weight is 378 g/mol. The minimum absolute atomic E-state index is 0.00137. The lowest BCUT2D eigenvalue weighted by Crippen LogP contribution is -2.59. The van der Waals surface area contributed by atoms with Crippen LogP contribution in [0.15, 0.2) is 47.1 Å². The van der Waals surface area contributed by atoms with Crippen molar-refractivity contribution in [2.75, 3.05) is 26.7 Å². The summed E-state index contributed by atoms with van der Waals surface area (Å²) in [7, 11) is 3.90. The number of carbonyl (C=O) groups is 1. The van der Waals surface area contributed by atoms with Crippen LogP contribution in [0.1, 0.15) is 28.8 Å². The Morgan fingerprint density at radius 3 is 2.64 bits per heavy atom. The van der Waals surface area contributed by atoms with Gasteiger partial charge in [0.25, 0.3) is 5.91 Å². The first kappa shape index (κ1) is 17.1. The highest BCUT2D eigenvalue weighted by atomic mass is 16.5. The predicted molar refractivity (Wildman–Crippen MR) is 101 cm³/mol. The van der Waals surface area contributed by atoms with Crippen molar-refractivity contribution < 1.29 is 9.32 Å². The Hall–Kier alpha value is -3.00. The first-order valence-electron chi connectivity index (χ1n) is 9.41. The van der Waals surface area contributed by atoms with E-state index in [2.05, 4.69) is 27.2 Å². The number of aromatic nitrogens is 4. The van der Waals surface area contributed by atoms with Gasteiger partial charge in [0.05, 0.1) is 6.04 Å². The molecule has 8 nitrogen and oxygen atoms in total. The Kier molecular flexibility index (Phi) is 3.83. The number of likely N-dealkylation sites (tertiary alicyclic amines) is 2. The molecule has 2 aliphatic heterocycles. The maximum Gasteiger partial charge on any atom is 0.274 e. The van der Waals surface area contributed by atoms with Gasteiger partial charge in [0, 0.05) is 43.9 Å². The number of benzene rings is 1. The largest absolute Gasteiger partial charge is 0.337 e. The molecule has 2 saturated heterocycles. The van der Waals surface area contributed by atoms with Crippen LogP contribution in [0, 0.1) is 5.41 Å². The van der Waals surface area contributed by atoms with Gasteiger partial charge < -0.3 is 9.42 Å². The van der Waals surface area contributed by atoms with Gasteiger partial charge in [0.1, 0.15) is 5.69 Å². The second kappa shape index (κ2) is 6.27. The molecular weight excluding hydrogens is 356 g/mol. The standard InChI is InChI=1S/C20H22N6O2/c1-24-11-20(12-26(13-20)19(27)15-8-9-25(2)22-15)10-16(24)18-21-17(23-28-18)14-6-4-3-5-7-14/h3-9,16H,10-13H2,1-2H3. The molecule has 1 spiro atoms. The van der Waals surface area contributed by atoms with Gasteiger partial charge in [-0.15, -0.1) is 0 Å². The van der Waals surface area contributed by atoms with Crippen LogP contribution >= 0.6 is 0 Å². The third kappa shape index (κ3) is 2.80. The van der Waals surface area contributed by atoms with Gasteiger partial charge in [-0.3, -0.25) is 14.4 Å². The number of nitrogens with zero attached hydrogens (tertiary/aromatic N) is 6. The molecule has 0 aliphatic carbocycles. The lowest BCUT2D eigenvalue weighted by molar-refractivity contribution is 0.0109. The second-order valence-electron chi connectivity index (χ2n) is 7.99. The van der Waals surface area contributed by atoms with Gasteiger partial charge in [0.15, 0.2) is 0 Å². The normalized spacial score (nSPS) is 21.2. The summed E-state index contributed by atoms with van der Waals surface area (Å²) in [4.78, 5) is 21.3. The molecule has 0 bridgehead atoms. The fourth-order valence-corrected chi connectivity index (χ4v) is 4.45. The molecule has 5 rings (SSSR count). The van der Waals surface area contributed by atoms with Gasteiger partial charge >= 0.3 is 0 Å². The highest BCUT2D eigenvalue weighted by Gasteiger charge is 2.53. The van der Waals surface area contributed by atoms with Gasteiger partial charge in [-0.05, 0) is 19.5 Å². The molecule has 3 aromatic rings. The van der Waals surface area contributed by atoms with Crippen LogP contribution in [0.25, 0.3) is 11.4 Å². The maximum atomic E-state index is 12.6. The van der Waals surface area contributed by atoms with Crippen molar-refractivity contribution in [2.45, 2.75) is 12.5 Å². The van der Waals surface area contributed by atoms with E-state index in [1.165, 1.54) is 0 Å². The van der Waals surface area contributed by atoms with Crippen molar-refractivity contribution in [1.82, 2.24) is 29.7 Å². The third-order valence-electron chi connectivity index (χ3n) is 5.77. The van der Waals surface area contributed by atoms with E-state index in [9.17, 15) is 4.79 Å². The van der Waals surface area contributed by atoms with E-state index >= 15 is 0 Å². The molecule has 8 heteroatoms. The van der Waals surface area contributed by atoms with Crippen molar-refractivity contribution in [1.29, 1.82) is 0 Å². The topological polar surface area (TPSA) is 80.3 Å². The molecule has 0 saturated carbocycles. The quantitative estimate of drug-likeness (QED) is 0.693. The molecular formula is C20H22N6O2. The Labute approximate surface area is 162 Å². The Balaban J connectivity index is 1.28. The fourth-order valence-electron chi connectivity index (χ4n) is 4.45. The molecule has 1 amide bonds. The minimum atomic E-state index is 0.00137. The smallest absolute Gasteiger partial charge is 0.274 e. The van der Waals surface area contributed by atoms with Crippen molar-refractivity contribution in [3.8, 4) is 11.4 Å². The average Bonchev–Trinajstić information content (AvgIpc) is 3.39. The van der Waals surface area contributed by atoms with Crippen LogP contribution in [0.4, 0.5) is 0 Å². The summed E-state index contributed by atoms with van der Waals surface area (Å²) in [6.45, 7) is 2.39. The van der Waals surface area contributed by atoms with Gasteiger partial charge in [0.2, 0.25) is 11.7 Å². The van der Waals surface area contributed by atoms with E-state index in [0.717, 1.165) is 31.6 Å². The Bertz CT molecular complexity index is 1000. The second-order valence-corrected chi connectivity index (χ2v) is 7.99. The van der Waals surface area contributed by atoms with Crippen LogP contribution in [0.3, 0.4) is 0 Å². The van der Waals surface area contributed by atoms with E-state index in [-0.39, 0.29) is 17.4 Å². The molecule has 28 heavy (non-hydrogen) atoms. The highest BCUT2D eigenvalue weighted by molar-refractivity contribution is 5.92. The number of aryl methyl sites for hydroxylation is 1. The summed E-state index contributed by atoms with van der Waals surface area (Å²) in [6, 6.07) is 11.7. The number of rotatable bonds is 3.